The second-order valence-corrected chi connectivity index (χ2v) is 13.4. The van der Waals surface area contributed by atoms with Crippen molar-refractivity contribution in [2.24, 2.45) is 22.7 Å². The minimum absolute atomic E-state index is 0.0643. The fraction of sp³-hybridized carbons (Fsp3) is 0.733. The van der Waals surface area contributed by atoms with Crippen molar-refractivity contribution >= 4 is 23.4 Å². The van der Waals surface area contributed by atoms with E-state index in [4.69, 9.17) is 14.2 Å². The molecule has 0 spiro atoms. The van der Waals surface area contributed by atoms with Gasteiger partial charge in [0.1, 0.15) is 6.54 Å². The number of aliphatic hydroxyl groups excluding tert-OH is 1. The second kappa shape index (κ2) is 11.0. The monoisotopic (exact) mass is 622 g/mol. The number of ketones is 2. The molecule has 0 unspecified atom stereocenters. The van der Waals surface area contributed by atoms with Crippen LogP contribution in [0.4, 0.5) is 4.39 Å². The lowest BCUT2D eigenvalue weighted by Gasteiger charge is -2.62. The standard InChI is InChI=1S/C30H39FN2O11/c1-26(2)43-23-13-20-19-8-7-17-12-18(34)9-10-27(17,3)29(19,31)21(35)14-28(20,4)30(23,44-26)22(36)16-41-25(38)15-32-24(37)6-5-11-42-33(39)40/h7,9-10,19-21,23,35H,5-6,8,11-16H2,1-4H3,(H,32,37)/t19-,20-,21-,23+,27-,28-,29-,30+/m0/s1. The number of fused-ring (bicyclic) bond motifs is 7. The summed E-state index contributed by atoms with van der Waals surface area (Å²) in [5.74, 6) is -4.49. The Kier molecular flexibility index (Phi) is 8.03. The molecule has 5 aliphatic rings. The first-order valence-electron chi connectivity index (χ1n) is 14.9. The third-order valence-electron chi connectivity index (χ3n) is 10.6. The van der Waals surface area contributed by atoms with Gasteiger partial charge in [-0.3, -0.25) is 19.2 Å². The Hall–Kier alpha value is -3.23. The first-order chi connectivity index (χ1) is 20.5. The van der Waals surface area contributed by atoms with Gasteiger partial charge in [0.05, 0.1) is 18.8 Å². The maximum absolute atomic E-state index is 17.5. The van der Waals surface area contributed by atoms with Crippen molar-refractivity contribution in [1.29, 1.82) is 0 Å². The third kappa shape index (κ3) is 4.85. The number of nitrogens with one attached hydrogen (secondary N) is 1. The summed E-state index contributed by atoms with van der Waals surface area (Å²) in [6.45, 7) is 5.34. The topological polar surface area (TPSA) is 181 Å². The zero-order valence-corrected chi connectivity index (χ0v) is 25.3. The highest BCUT2D eigenvalue weighted by Gasteiger charge is 2.80. The lowest BCUT2D eigenvalue weighted by Crippen LogP contribution is -2.69. The van der Waals surface area contributed by atoms with Gasteiger partial charge < -0.3 is 29.5 Å². The summed E-state index contributed by atoms with van der Waals surface area (Å²) in [4.78, 5) is 64.9. The average Bonchev–Trinajstić information content (AvgIpc) is 3.35. The summed E-state index contributed by atoms with van der Waals surface area (Å²) in [7, 11) is 0. The Bertz CT molecular complexity index is 1330. The maximum Gasteiger partial charge on any atom is 0.325 e. The largest absolute Gasteiger partial charge is 0.456 e. The number of hydrogen-bond acceptors (Lipinski definition) is 11. The molecule has 13 nitrogen and oxygen atoms in total. The first kappa shape index (κ1) is 32.2. The van der Waals surface area contributed by atoms with Crippen molar-refractivity contribution in [3.05, 3.63) is 33.9 Å². The molecule has 2 saturated carbocycles. The molecule has 0 bridgehead atoms. The fourth-order valence-electron chi connectivity index (χ4n) is 8.65. The van der Waals surface area contributed by atoms with Crippen LogP contribution in [0, 0.1) is 32.8 Å². The molecule has 0 aromatic carbocycles. The van der Waals surface area contributed by atoms with Gasteiger partial charge in [0.15, 0.2) is 29.4 Å². The van der Waals surface area contributed by atoms with Crippen molar-refractivity contribution in [2.75, 3.05) is 19.8 Å². The van der Waals surface area contributed by atoms with Gasteiger partial charge >= 0.3 is 5.97 Å². The van der Waals surface area contributed by atoms with E-state index in [0.717, 1.165) is 0 Å². The minimum Gasteiger partial charge on any atom is -0.456 e. The number of halogens is 1. The summed E-state index contributed by atoms with van der Waals surface area (Å²) in [5, 5.41) is 23.2. The summed E-state index contributed by atoms with van der Waals surface area (Å²) in [6, 6.07) is 0. The Morgan fingerprint density at radius 2 is 1.95 bits per heavy atom. The Morgan fingerprint density at radius 3 is 2.66 bits per heavy atom. The van der Waals surface area contributed by atoms with Crippen molar-refractivity contribution in [3.8, 4) is 0 Å². The number of ether oxygens (including phenoxy) is 3. The van der Waals surface area contributed by atoms with Crippen LogP contribution >= 0.6 is 0 Å². The Morgan fingerprint density at radius 1 is 1.23 bits per heavy atom. The molecule has 8 atom stereocenters. The van der Waals surface area contributed by atoms with Crippen LogP contribution in [-0.4, -0.2) is 82.7 Å². The van der Waals surface area contributed by atoms with E-state index in [2.05, 4.69) is 10.2 Å². The summed E-state index contributed by atoms with van der Waals surface area (Å²) < 4.78 is 35.4. The zero-order valence-electron chi connectivity index (χ0n) is 25.3. The van der Waals surface area contributed by atoms with Gasteiger partial charge in [-0.05, 0) is 58.4 Å². The molecule has 1 heterocycles. The molecular formula is C30H39FN2O11. The fourth-order valence-corrected chi connectivity index (χ4v) is 8.65. The highest BCUT2D eigenvalue weighted by Crippen LogP contribution is 2.71. The van der Waals surface area contributed by atoms with Crippen LogP contribution < -0.4 is 5.32 Å². The van der Waals surface area contributed by atoms with Gasteiger partial charge in [-0.2, -0.15) is 0 Å². The molecule has 1 saturated heterocycles. The smallest absolute Gasteiger partial charge is 0.325 e. The van der Waals surface area contributed by atoms with Crippen LogP contribution in [0.25, 0.3) is 0 Å². The van der Waals surface area contributed by atoms with Crippen LogP contribution in [0.15, 0.2) is 23.8 Å². The molecule has 242 valence electrons. The molecule has 1 aliphatic heterocycles. The lowest BCUT2D eigenvalue weighted by molar-refractivity contribution is -0.757. The number of hydrogen-bond donors (Lipinski definition) is 2. The van der Waals surface area contributed by atoms with E-state index in [9.17, 15) is 34.4 Å². The summed E-state index contributed by atoms with van der Waals surface area (Å²) in [6.07, 6.45) is 3.01. The molecule has 0 aromatic heterocycles. The number of carbonyl (C=O) groups excluding carboxylic acids is 4. The third-order valence-corrected chi connectivity index (χ3v) is 10.6. The number of allylic oxidation sites excluding steroid dienone is 4. The number of esters is 1. The molecular weight excluding hydrogens is 583 g/mol. The van der Waals surface area contributed by atoms with Crippen LogP contribution in [0.5, 0.6) is 0 Å². The number of rotatable bonds is 10. The molecule has 0 aromatic rings. The van der Waals surface area contributed by atoms with Gasteiger partial charge in [-0.15, -0.1) is 10.1 Å². The Labute approximate surface area is 253 Å². The zero-order chi connectivity index (χ0) is 32.3. The van der Waals surface area contributed by atoms with Crippen LogP contribution in [0.3, 0.4) is 0 Å². The van der Waals surface area contributed by atoms with Crippen molar-refractivity contribution < 1.29 is 52.8 Å². The molecule has 14 heteroatoms. The highest BCUT2D eigenvalue weighted by molar-refractivity contribution is 5.94. The predicted octanol–water partition coefficient (Wildman–Crippen LogP) is 2.07. The number of carbonyl (C=O) groups is 4. The molecule has 4 aliphatic carbocycles. The van der Waals surface area contributed by atoms with E-state index in [-0.39, 0.29) is 50.9 Å². The van der Waals surface area contributed by atoms with E-state index < -0.39 is 87.8 Å². The molecule has 0 radical (unpaired) electrons. The number of alkyl halides is 1. The van der Waals surface area contributed by atoms with E-state index in [1.807, 2.05) is 6.08 Å². The van der Waals surface area contributed by atoms with Crippen molar-refractivity contribution in [2.45, 2.75) is 95.5 Å². The van der Waals surface area contributed by atoms with Crippen LogP contribution in [0.2, 0.25) is 0 Å². The van der Waals surface area contributed by atoms with Gasteiger partial charge in [0.25, 0.3) is 5.09 Å². The minimum atomic E-state index is -2.10. The lowest BCUT2D eigenvalue weighted by atomic mass is 9.45. The van der Waals surface area contributed by atoms with E-state index in [1.54, 1.807) is 33.8 Å². The van der Waals surface area contributed by atoms with Crippen molar-refractivity contribution in [3.63, 3.8) is 0 Å². The molecule has 2 N–H and O–H groups in total. The Balaban J connectivity index is 1.32. The summed E-state index contributed by atoms with van der Waals surface area (Å²) in [5.41, 5.74) is -5.39. The highest BCUT2D eigenvalue weighted by atomic mass is 19.1. The number of aliphatic hydroxyl groups is 1. The average molecular weight is 623 g/mol. The van der Waals surface area contributed by atoms with Crippen LogP contribution in [0.1, 0.15) is 66.2 Å². The molecule has 3 fully saturated rings. The van der Waals surface area contributed by atoms with E-state index in [0.29, 0.717) is 5.57 Å². The van der Waals surface area contributed by atoms with E-state index >= 15 is 4.39 Å². The van der Waals surface area contributed by atoms with Crippen molar-refractivity contribution in [1.82, 2.24) is 5.32 Å². The SMILES string of the molecule is CC1(C)O[C@@H]2C[C@H]3[C@@H]4CC=C5CC(=O)C=C[C@]5(C)[C@@]4(F)[C@@H](O)C[C@]3(C)[C@]2(C(=O)COC(=O)CNC(=O)CCCO[N+](=O)[O-])O1. The van der Waals surface area contributed by atoms with Gasteiger partial charge in [-0.25, -0.2) is 4.39 Å². The summed E-state index contributed by atoms with van der Waals surface area (Å²) >= 11 is 0. The number of Topliss-reactive ketones (excluding diaryl/α,β-unsaturated/α-hetero) is 1. The molecule has 44 heavy (non-hydrogen) atoms. The number of nitrogens with zero attached hydrogens (tertiary/aromatic N) is 1. The maximum atomic E-state index is 17.5. The number of amides is 1. The van der Waals surface area contributed by atoms with Gasteiger partial charge in [-0.1, -0.05) is 24.6 Å². The van der Waals surface area contributed by atoms with E-state index in [1.165, 1.54) is 6.08 Å². The quantitative estimate of drug-likeness (QED) is 0.120. The molecule has 5 rings (SSSR count). The normalized spacial score (nSPS) is 39.7. The first-order valence-corrected chi connectivity index (χ1v) is 14.9. The second-order valence-electron chi connectivity index (χ2n) is 13.4. The predicted molar refractivity (Wildman–Crippen MR) is 148 cm³/mol. The van der Waals surface area contributed by atoms with Crippen LogP contribution in [-0.2, 0) is 38.2 Å². The van der Waals surface area contributed by atoms with Gasteiger partial charge in [0, 0.05) is 29.6 Å². The van der Waals surface area contributed by atoms with Gasteiger partial charge in [0.2, 0.25) is 11.7 Å². The molecule has 1 amide bonds.